The number of anilines is 1. The third-order valence-corrected chi connectivity index (χ3v) is 11.0. The highest BCUT2D eigenvalue weighted by Gasteiger charge is 2.21. The highest BCUT2D eigenvalue weighted by molar-refractivity contribution is 7.86. The van der Waals surface area contributed by atoms with E-state index in [9.17, 15) is 38.9 Å². The highest BCUT2D eigenvalue weighted by atomic mass is 32.2. The zero-order chi connectivity index (χ0) is 37.0. The molecular weight excluding hydrogens is 713 g/mol. The van der Waals surface area contributed by atoms with Gasteiger partial charge in [-0.25, -0.2) is 4.58 Å². The van der Waals surface area contributed by atoms with Gasteiger partial charge < -0.3 is 4.90 Å². The molecule has 266 valence electrons. The van der Waals surface area contributed by atoms with Crippen LogP contribution in [0.1, 0.15) is 36.1 Å². The summed E-state index contributed by atoms with van der Waals surface area (Å²) < 4.78 is 102. The van der Waals surface area contributed by atoms with Crippen molar-refractivity contribution in [3.8, 4) is 0 Å². The van der Waals surface area contributed by atoms with Crippen LogP contribution in [0.5, 0.6) is 0 Å². The average Bonchev–Trinajstić information content (AvgIpc) is 3.09. The van der Waals surface area contributed by atoms with Gasteiger partial charge in [0.1, 0.15) is 11.4 Å². The van der Waals surface area contributed by atoms with Gasteiger partial charge in [-0.2, -0.15) is 25.3 Å². The molecule has 0 unspecified atom stereocenters. The lowest BCUT2D eigenvalue weighted by atomic mass is 9.90. The zero-order valence-corrected chi connectivity index (χ0v) is 30.2. The van der Waals surface area contributed by atoms with Crippen molar-refractivity contribution in [2.75, 3.05) is 18.0 Å². The Morgan fingerprint density at radius 2 is 1.29 bits per heavy atom. The van der Waals surface area contributed by atoms with E-state index in [0.717, 1.165) is 22.5 Å². The normalized spacial score (nSPS) is 15.5. The smallest absolute Gasteiger partial charge is 0.295 e. The van der Waals surface area contributed by atoms with E-state index in [1.807, 2.05) is 65.8 Å². The molecule has 4 aromatic carbocycles. The molecule has 1 aliphatic rings. The van der Waals surface area contributed by atoms with Crippen LogP contribution in [-0.4, -0.2) is 62.3 Å². The Balaban J connectivity index is 1.57. The van der Waals surface area contributed by atoms with E-state index in [1.54, 1.807) is 42.5 Å². The van der Waals surface area contributed by atoms with Gasteiger partial charge in [0.05, 0.1) is 9.79 Å². The summed E-state index contributed by atoms with van der Waals surface area (Å²) in [6, 6.07) is 26.0. The second kappa shape index (κ2) is 15.3. The molecule has 1 aliphatic carbocycles. The summed E-state index contributed by atoms with van der Waals surface area (Å²) in [7, 11) is -13.2. The van der Waals surface area contributed by atoms with Crippen molar-refractivity contribution < 1.29 is 43.5 Å². The number of benzene rings is 4. The second-order valence-electron chi connectivity index (χ2n) is 11.7. The van der Waals surface area contributed by atoms with Crippen LogP contribution in [0.2, 0.25) is 0 Å². The standard InChI is InChI=1S/C37H36N2O9S3/c1-3-38(25-27-9-7-12-34(21-27)49(40,41)42)32-18-15-29(16-19-32)36-24-33(39(4-2)26-28-10-8-13-35(22-28)50(43,44)45)20-17-30(36)23-31-11-5-6-14-37(31)51(46,47)48/h5-24H,3-4,25-26H2,1-2H3,(H2-,40,41,42,43,44,45,46,47,48)/p+1. The van der Waals surface area contributed by atoms with Crippen LogP contribution < -0.4 is 4.90 Å². The first-order valence-corrected chi connectivity index (χ1v) is 20.2. The molecule has 51 heavy (non-hydrogen) atoms. The first-order valence-electron chi connectivity index (χ1n) is 15.9. The van der Waals surface area contributed by atoms with E-state index >= 15 is 0 Å². The lowest BCUT2D eigenvalue weighted by molar-refractivity contribution is -0.539. The Morgan fingerprint density at radius 1 is 0.686 bits per heavy atom. The maximum absolute atomic E-state index is 12.2. The zero-order valence-electron chi connectivity index (χ0n) is 27.8. The van der Waals surface area contributed by atoms with Crippen molar-refractivity contribution in [1.82, 2.24) is 0 Å². The average molecular weight is 750 g/mol. The fourth-order valence-corrected chi connectivity index (χ4v) is 7.57. The largest absolute Gasteiger partial charge is 0.367 e. The van der Waals surface area contributed by atoms with Gasteiger partial charge >= 0.3 is 0 Å². The molecular formula is C37H37N2O9S3+. The molecule has 0 spiro atoms. The topological polar surface area (TPSA) is 169 Å². The molecule has 0 bridgehead atoms. The van der Waals surface area contributed by atoms with E-state index < -0.39 is 30.4 Å². The molecule has 3 N–H and O–H groups in total. The van der Waals surface area contributed by atoms with Crippen molar-refractivity contribution in [2.24, 2.45) is 0 Å². The minimum absolute atomic E-state index is 0.183. The molecule has 0 fully saturated rings. The van der Waals surface area contributed by atoms with Gasteiger partial charge in [-0.3, -0.25) is 13.7 Å². The lowest BCUT2D eigenvalue weighted by Gasteiger charge is -2.24. The first-order chi connectivity index (χ1) is 24.1. The molecule has 0 saturated carbocycles. The third kappa shape index (κ3) is 9.35. The Kier molecular flexibility index (Phi) is 11.2. The van der Waals surface area contributed by atoms with Crippen LogP contribution in [0, 0.1) is 0 Å². The number of rotatable bonds is 12. The monoisotopic (exact) mass is 749 g/mol. The van der Waals surface area contributed by atoms with Crippen LogP contribution in [0.25, 0.3) is 11.6 Å². The highest BCUT2D eigenvalue weighted by Crippen LogP contribution is 2.32. The van der Waals surface area contributed by atoms with Gasteiger partial charge in [0.15, 0.2) is 6.54 Å². The van der Waals surface area contributed by atoms with Gasteiger partial charge in [0.2, 0.25) is 5.71 Å². The van der Waals surface area contributed by atoms with Gasteiger partial charge in [-0.05, 0) is 96.3 Å². The number of allylic oxidation sites excluding steroid dienone is 5. The van der Waals surface area contributed by atoms with Crippen molar-refractivity contribution in [1.29, 1.82) is 0 Å². The van der Waals surface area contributed by atoms with Crippen LogP contribution in [0.3, 0.4) is 0 Å². The maximum Gasteiger partial charge on any atom is 0.295 e. The van der Waals surface area contributed by atoms with Gasteiger partial charge in [-0.15, -0.1) is 0 Å². The fourth-order valence-electron chi connectivity index (χ4n) is 5.79. The summed E-state index contributed by atoms with van der Waals surface area (Å²) in [5, 5.41) is 0. The quantitative estimate of drug-likeness (QED) is 0.113. The lowest BCUT2D eigenvalue weighted by Crippen LogP contribution is -2.22. The third-order valence-electron chi connectivity index (χ3n) is 8.36. The number of hydrogen-bond acceptors (Lipinski definition) is 7. The maximum atomic E-state index is 12.2. The summed E-state index contributed by atoms with van der Waals surface area (Å²) in [4.78, 5) is 1.42. The van der Waals surface area contributed by atoms with Crippen molar-refractivity contribution in [3.05, 3.63) is 143 Å². The Morgan fingerprint density at radius 3 is 1.88 bits per heavy atom. The molecule has 5 rings (SSSR count). The molecule has 0 radical (unpaired) electrons. The van der Waals surface area contributed by atoms with Crippen molar-refractivity contribution >= 4 is 53.4 Å². The molecule has 0 atom stereocenters. The Hall–Kier alpha value is -4.70. The molecule has 4 aromatic rings. The predicted octanol–water partition coefficient (Wildman–Crippen LogP) is 6.16. The van der Waals surface area contributed by atoms with E-state index in [-0.39, 0.29) is 14.7 Å². The summed E-state index contributed by atoms with van der Waals surface area (Å²) in [5.41, 5.74) is 5.51. The van der Waals surface area contributed by atoms with Crippen LogP contribution in [0.4, 0.5) is 5.69 Å². The Bertz CT molecular complexity index is 2410. The summed E-state index contributed by atoms with van der Waals surface area (Å²) in [6.45, 7) is 5.78. The SMILES string of the molecule is CCN(Cc1cccc(S(=O)(=O)O)c1)c1ccc(C2=CC(=[N+](CC)Cc3cccc(S(=O)(=O)O)c3)C=CC2=Cc2ccccc2S(=O)(=O)O)cc1. The van der Waals surface area contributed by atoms with Crippen LogP contribution >= 0.6 is 0 Å². The fraction of sp³-hybridized carbons (Fsp3) is 0.162. The molecule has 0 amide bonds. The summed E-state index contributed by atoms with van der Waals surface area (Å²) >= 11 is 0. The van der Waals surface area contributed by atoms with Crippen LogP contribution in [-0.2, 0) is 43.4 Å². The molecule has 0 heterocycles. The predicted molar refractivity (Wildman–Crippen MR) is 197 cm³/mol. The molecule has 0 aromatic heterocycles. The minimum atomic E-state index is -4.51. The van der Waals surface area contributed by atoms with Gasteiger partial charge in [0, 0.05) is 36.5 Å². The van der Waals surface area contributed by atoms with E-state index in [0.29, 0.717) is 48.4 Å². The van der Waals surface area contributed by atoms with Crippen molar-refractivity contribution in [2.45, 2.75) is 41.6 Å². The molecule has 11 nitrogen and oxygen atoms in total. The summed E-state index contributed by atoms with van der Waals surface area (Å²) in [6.07, 6.45) is 7.35. The Labute approximate surface area is 298 Å². The molecule has 0 saturated heterocycles. The van der Waals surface area contributed by atoms with E-state index in [4.69, 9.17) is 0 Å². The van der Waals surface area contributed by atoms with E-state index in [1.165, 1.54) is 36.4 Å². The van der Waals surface area contributed by atoms with Crippen molar-refractivity contribution in [3.63, 3.8) is 0 Å². The second-order valence-corrected chi connectivity index (χ2v) is 16.0. The molecule has 0 aliphatic heterocycles. The van der Waals surface area contributed by atoms with E-state index in [2.05, 4.69) is 0 Å². The molecule has 14 heteroatoms. The first kappa shape index (κ1) is 37.6. The van der Waals surface area contributed by atoms with Gasteiger partial charge in [0.25, 0.3) is 30.4 Å². The minimum Gasteiger partial charge on any atom is -0.367 e. The van der Waals surface area contributed by atoms with Crippen LogP contribution in [0.15, 0.2) is 136 Å². The number of nitrogens with zero attached hydrogens (tertiary/aromatic N) is 2. The van der Waals surface area contributed by atoms with Gasteiger partial charge in [-0.1, -0.05) is 54.6 Å². The summed E-state index contributed by atoms with van der Waals surface area (Å²) in [5.74, 6) is 0. The number of hydrogen-bond donors (Lipinski definition) is 3.